The highest BCUT2D eigenvalue weighted by Gasteiger charge is 2.48. The molecule has 1 aromatic rings. The van der Waals surface area contributed by atoms with E-state index in [-0.39, 0.29) is 24.0 Å². The smallest absolute Gasteiger partial charge is 0.275 e. The average Bonchev–Trinajstić information content (AvgIpc) is 3.47. The fourth-order valence-corrected chi connectivity index (χ4v) is 5.14. The summed E-state index contributed by atoms with van der Waals surface area (Å²) in [5, 5.41) is 3.29. The molecule has 2 aliphatic carbocycles. The first kappa shape index (κ1) is 20.3. The molecule has 0 unspecified atom stereocenters. The molecule has 7 nitrogen and oxygen atoms in total. The van der Waals surface area contributed by atoms with Gasteiger partial charge in [-0.05, 0) is 38.5 Å². The molecule has 0 spiro atoms. The van der Waals surface area contributed by atoms with E-state index in [1.807, 2.05) is 0 Å². The number of ether oxygens (including phenoxy) is 1. The summed E-state index contributed by atoms with van der Waals surface area (Å²) >= 11 is 0. The lowest BCUT2D eigenvalue weighted by molar-refractivity contribution is -0.136. The number of carbonyl (C=O) groups excluding carboxylic acids is 2. The van der Waals surface area contributed by atoms with E-state index in [9.17, 15) is 9.59 Å². The molecule has 1 saturated heterocycles. The molecule has 2 amide bonds. The topological polar surface area (TPSA) is 84.4 Å². The number of aromatic nitrogens is 2. The van der Waals surface area contributed by atoms with Crippen molar-refractivity contribution in [2.75, 3.05) is 13.2 Å². The van der Waals surface area contributed by atoms with Gasteiger partial charge in [0.2, 0.25) is 5.91 Å². The van der Waals surface area contributed by atoms with Crippen LogP contribution in [0.3, 0.4) is 0 Å². The Hall–Kier alpha value is -2.02. The summed E-state index contributed by atoms with van der Waals surface area (Å²) in [4.78, 5) is 37.3. The minimum absolute atomic E-state index is 0.0133. The highest BCUT2D eigenvalue weighted by atomic mass is 16.5. The van der Waals surface area contributed by atoms with Crippen molar-refractivity contribution >= 4 is 11.8 Å². The molecule has 0 aromatic carbocycles. The number of nitrogens with one attached hydrogen (secondary N) is 1. The second-order valence-electron chi connectivity index (χ2n) is 8.69. The van der Waals surface area contributed by atoms with Gasteiger partial charge in [-0.3, -0.25) is 14.6 Å². The van der Waals surface area contributed by atoms with Crippen molar-refractivity contribution in [3.63, 3.8) is 0 Å². The third-order valence-corrected chi connectivity index (χ3v) is 6.75. The molecule has 158 valence electrons. The maximum absolute atomic E-state index is 13.6. The van der Waals surface area contributed by atoms with E-state index in [1.54, 1.807) is 11.1 Å². The molecule has 2 heterocycles. The second-order valence-corrected chi connectivity index (χ2v) is 8.69. The van der Waals surface area contributed by atoms with Gasteiger partial charge in [0.05, 0.1) is 12.3 Å². The normalized spacial score (nSPS) is 24.3. The van der Waals surface area contributed by atoms with Crippen molar-refractivity contribution in [1.82, 2.24) is 20.2 Å². The lowest BCUT2D eigenvalue weighted by atomic mass is 9.78. The van der Waals surface area contributed by atoms with Crippen LogP contribution >= 0.6 is 0 Å². The predicted octanol–water partition coefficient (Wildman–Crippen LogP) is 2.86. The Labute approximate surface area is 172 Å². The predicted molar refractivity (Wildman–Crippen MR) is 108 cm³/mol. The number of hydrogen-bond acceptors (Lipinski definition) is 5. The lowest BCUT2D eigenvalue weighted by Gasteiger charge is -2.46. The molecular weight excluding hydrogens is 368 g/mol. The van der Waals surface area contributed by atoms with E-state index in [0.29, 0.717) is 25.1 Å². The highest BCUT2D eigenvalue weighted by molar-refractivity contribution is 5.98. The molecule has 1 aliphatic heterocycles. The molecule has 0 radical (unpaired) electrons. The van der Waals surface area contributed by atoms with Gasteiger partial charge in [-0.25, -0.2) is 4.98 Å². The minimum atomic E-state index is -0.818. The Balaban J connectivity index is 1.64. The molecule has 3 fully saturated rings. The molecule has 2 saturated carbocycles. The number of nitrogens with zero attached hydrogens (tertiary/aromatic N) is 3. The van der Waals surface area contributed by atoms with E-state index in [0.717, 1.165) is 64.4 Å². The summed E-state index contributed by atoms with van der Waals surface area (Å²) in [6.07, 6.45) is 15.3. The summed E-state index contributed by atoms with van der Waals surface area (Å²) < 4.78 is 5.86. The first-order valence-corrected chi connectivity index (χ1v) is 11.2. The largest absolute Gasteiger partial charge is 0.376 e. The Bertz CT molecular complexity index is 693. The van der Waals surface area contributed by atoms with Crippen molar-refractivity contribution < 1.29 is 14.3 Å². The average molecular weight is 401 g/mol. The van der Waals surface area contributed by atoms with E-state index >= 15 is 0 Å². The molecule has 4 rings (SSSR count). The molecular formula is C22H32N4O3. The quantitative estimate of drug-likeness (QED) is 0.794. The van der Waals surface area contributed by atoms with Crippen LogP contribution in [0.25, 0.3) is 0 Å². The summed E-state index contributed by atoms with van der Waals surface area (Å²) in [6, 6.07) is 0.234. The van der Waals surface area contributed by atoms with Gasteiger partial charge in [0, 0.05) is 31.6 Å². The van der Waals surface area contributed by atoms with Crippen LogP contribution in [-0.4, -0.2) is 57.5 Å². The fourth-order valence-electron chi connectivity index (χ4n) is 5.14. The molecule has 7 heteroatoms. The zero-order valence-electron chi connectivity index (χ0n) is 17.1. The molecule has 1 atom stereocenters. The van der Waals surface area contributed by atoms with Crippen molar-refractivity contribution in [1.29, 1.82) is 0 Å². The van der Waals surface area contributed by atoms with Crippen LogP contribution in [0.5, 0.6) is 0 Å². The van der Waals surface area contributed by atoms with Crippen LogP contribution < -0.4 is 5.32 Å². The second kappa shape index (κ2) is 9.20. The molecule has 29 heavy (non-hydrogen) atoms. The van der Waals surface area contributed by atoms with Crippen LogP contribution in [0.4, 0.5) is 0 Å². The van der Waals surface area contributed by atoms with Gasteiger partial charge < -0.3 is 15.0 Å². The van der Waals surface area contributed by atoms with Crippen LogP contribution in [0.1, 0.15) is 81.1 Å². The maximum atomic E-state index is 13.6. The van der Waals surface area contributed by atoms with E-state index in [4.69, 9.17) is 4.74 Å². The van der Waals surface area contributed by atoms with Crippen LogP contribution in [0.15, 0.2) is 18.6 Å². The van der Waals surface area contributed by atoms with Crippen molar-refractivity contribution in [3.8, 4) is 0 Å². The van der Waals surface area contributed by atoms with Gasteiger partial charge in [-0.15, -0.1) is 0 Å². The van der Waals surface area contributed by atoms with Gasteiger partial charge in [0.25, 0.3) is 5.91 Å². The zero-order valence-corrected chi connectivity index (χ0v) is 17.1. The SMILES string of the molecule is O=C(c1cnccn1)N(C[C@@H]1CCCO1)C1(C(=O)NC2CCCC2)CCCCC1. The van der Waals surface area contributed by atoms with E-state index < -0.39 is 5.54 Å². The van der Waals surface area contributed by atoms with Gasteiger partial charge in [0.15, 0.2) is 0 Å². The monoisotopic (exact) mass is 400 g/mol. The molecule has 1 aromatic heterocycles. The van der Waals surface area contributed by atoms with E-state index in [1.165, 1.54) is 12.4 Å². The third-order valence-electron chi connectivity index (χ3n) is 6.75. The Morgan fingerprint density at radius 1 is 1.07 bits per heavy atom. The summed E-state index contributed by atoms with van der Waals surface area (Å²) in [7, 11) is 0. The number of amides is 2. The van der Waals surface area contributed by atoms with Gasteiger partial charge in [0.1, 0.15) is 11.2 Å². The summed E-state index contributed by atoms with van der Waals surface area (Å²) in [6.45, 7) is 1.16. The molecule has 1 N–H and O–H groups in total. The van der Waals surface area contributed by atoms with Crippen molar-refractivity contribution in [3.05, 3.63) is 24.3 Å². The summed E-state index contributed by atoms with van der Waals surface area (Å²) in [5.41, 5.74) is -0.523. The first-order valence-electron chi connectivity index (χ1n) is 11.2. The fraction of sp³-hybridized carbons (Fsp3) is 0.727. The molecule has 0 bridgehead atoms. The molecule has 3 aliphatic rings. The number of hydrogen-bond donors (Lipinski definition) is 1. The zero-order chi connectivity index (χ0) is 20.1. The van der Waals surface area contributed by atoms with E-state index in [2.05, 4.69) is 15.3 Å². The summed E-state index contributed by atoms with van der Waals surface area (Å²) in [5.74, 6) is -0.198. The lowest BCUT2D eigenvalue weighted by Crippen LogP contribution is -2.64. The van der Waals surface area contributed by atoms with Crippen molar-refractivity contribution in [2.24, 2.45) is 0 Å². The Morgan fingerprint density at radius 2 is 1.86 bits per heavy atom. The number of rotatable bonds is 6. The van der Waals surface area contributed by atoms with Crippen molar-refractivity contribution in [2.45, 2.75) is 88.3 Å². The van der Waals surface area contributed by atoms with Gasteiger partial charge >= 0.3 is 0 Å². The van der Waals surface area contributed by atoms with Crippen LogP contribution in [0.2, 0.25) is 0 Å². The van der Waals surface area contributed by atoms with Crippen LogP contribution in [0, 0.1) is 0 Å². The highest BCUT2D eigenvalue weighted by Crippen LogP contribution is 2.36. The third kappa shape index (κ3) is 4.44. The standard InChI is InChI=1S/C22H32N4O3/c27-20(19-15-23-12-13-24-19)26(16-18-9-6-14-29-18)22(10-4-1-5-11-22)21(28)25-17-7-2-3-8-17/h12-13,15,17-18H,1-11,14,16H2,(H,25,28)/t18-/m0/s1. The number of carbonyl (C=O) groups is 2. The van der Waals surface area contributed by atoms with Gasteiger partial charge in [-0.2, -0.15) is 0 Å². The van der Waals surface area contributed by atoms with Crippen LogP contribution in [-0.2, 0) is 9.53 Å². The first-order chi connectivity index (χ1) is 14.2. The van der Waals surface area contributed by atoms with Gasteiger partial charge in [-0.1, -0.05) is 32.1 Å². The Kier molecular flexibility index (Phi) is 6.43. The minimum Gasteiger partial charge on any atom is -0.376 e. The Morgan fingerprint density at radius 3 is 2.52 bits per heavy atom. The maximum Gasteiger partial charge on any atom is 0.275 e.